The van der Waals surface area contributed by atoms with Crippen LogP contribution >= 0.6 is 0 Å². The van der Waals surface area contributed by atoms with Crippen molar-refractivity contribution < 1.29 is 14.7 Å². The van der Waals surface area contributed by atoms with Crippen LogP contribution in [-0.2, 0) is 9.59 Å². The molecular weight excluding hydrogens is 256 g/mol. The van der Waals surface area contributed by atoms with Crippen molar-refractivity contribution in [2.24, 2.45) is 23.7 Å². The number of carbonyl (C=O) groups excluding carboxylic acids is 1. The second-order valence-corrected chi connectivity index (χ2v) is 6.45. The number of amides is 1. The number of fused-ring (bicyclic) bond motifs is 2. The lowest BCUT2D eigenvalue weighted by Crippen LogP contribution is -2.54. The number of aliphatic carboxylic acids is 1. The third kappa shape index (κ3) is 2.04. The van der Waals surface area contributed by atoms with Gasteiger partial charge in [-0.1, -0.05) is 12.2 Å². The number of rotatable bonds is 2. The number of carboxylic acid groups (broad SMARTS) is 1. The molecule has 3 unspecified atom stereocenters. The smallest absolute Gasteiger partial charge is 0.307 e. The van der Waals surface area contributed by atoms with E-state index in [1.807, 2.05) is 17.1 Å². The van der Waals surface area contributed by atoms with Crippen LogP contribution < -0.4 is 0 Å². The zero-order valence-corrected chi connectivity index (χ0v) is 12.0. The van der Waals surface area contributed by atoms with Crippen molar-refractivity contribution in [3.05, 3.63) is 12.2 Å². The minimum absolute atomic E-state index is 0.0502. The minimum atomic E-state index is -0.817. The lowest BCUT2D eigenvalue weighted by atomic mass is 9.82. The van der Waals surface area contributed by atoms with Gasteiger partial charge < -0.3 is 14.9 Å². The molecule has 5 heteroatoms. The molecule has 1 amide bonds. The molecule has 5 atom stereocenters. The van der Waals surface area contributed by atoms with Gasteiger partial charge in [-0.25, -0.2) is 0 Å². The van der Waals surface area contributed by atoms with E-state index in [9.17, 15) is 14.7 Å². The van der Waals surface area contributed by atoms with E-state index in [1.165, 1.54) is 0 Å². The quantitative estimate of drug-likeness (QED) is 0.754. The van der Waals surface area contributed by atoms with Crippen molar-refractivity contribution in [3.63, 3.8) is 0 Å². The lowest BCUT2D eigenvalue weighted by molar-refractivity contribution is -0.152. The van der Waals surface area contributed by atoms with Crippen LogP contribution in [0.1, 0.15) is 13.3 Å². The normalized spacial score (nSPS) is 40.3. The van der Waals surface area contributed by atoms with Gasteiger partial charge in [0.1, 0.15) is 0 Å². The zero-order chi connectivity index (χ0) is 14.4. The van der Waals surface area contributed by atoms with E-state index in [0.29, 0.717) is 19.1 Å². The summed E-state index contributed by atoms with van der Waals surface area (Å²) >= 11 is 0. The molecular formula is C15H22N2O3. The van der Waals surface area contributed by atoms with Crippen LogP contribution in [0.15, 0.2) is 12.2 Å². The molecule has 0 spiro atoms. The van der Waals surface area contributed by atoms with Crippen molar-refractivity contribution in [1.29, 1.82) is 0 Å². The number of carbonyl (C=O) groups is 2. The summed E-state index contributed by atoms with van der Waals surface area (Å²) in [7, 11) is 2.06. The van der Waals surface area contributed by atoms with E-state index < -0.39 is 11.9 Å². The Hall–Kier alpha value is -1.36. The second-order valence-electron chi connectivity index (χ2n) is 6.45. The molecule has 1 saturated heterocycles. The molecule has 3 rings (SSSR count). The summed E-state index contributed by atoms with van der Waals surface area (Å²) in [5.41, 5.74) is 0. The molecule has 0 radical (unpaired) electrons. The van der Waals surface area contributed by atoms with Gasteiger partial charge >= 0.3 is 5.97 Å². The SMILES string of the molecule is CC1CN(C(=O)[C@H]2C3C=CC(C3)[C@H]2C(=O)O)CCN1C. The van der Waals surface area contributed by atoms with Crippen LogP contribution in [0.2, 0.25) is 0 Å². The summed E-state index contributed by atoms with van der Waals surface area (Å²) in [5, 5.41) is 9.43. The highest BCUT2D eigenvalue weighted by atomic mass is 16.4. The van der Waals surface area contributed by atoms with Crippen LogP contribution in [0.3, 0.4) is 0 Å². The van der Waals surface area contributed by atoms with Gasteiger partial charge in [0, 0.05) is 25.7 Å². The molecule has 20 heavy (non-hydrogen) atoms. The average Bonchev–Trinajstić information content (AvgIpc) is 3.01. The predicted molar refractivity (Wildman–Crippen MR) is 74.0 cm³/mol. The number of hydrogen-bond donors (Lipinski definition) is 1. The number of nitrogens with zero attached hydrogens (tertiary/aromatic N) is 2. The molecule has 1 N–H and O–H groups in total. The van der Waals surface area contributed by atoms with E-state index in [1.54, 1.807) is 0 Å². The number of likely N-dealkylation sites (N-methyl/N-ethyl adjacent to an activating group) is 1. The number of hydrogen-bond acceptors (Lipinski definition) is 3. The van der Waals surface area contributed by atoms with Gasteiger partial charge in [0.15, 0.2) is 0 Å². The molecule has 5 nitrogen and oxygen atoms in total. The van der Waals surface area contributed by atoms with Crippen molar-refractivity contribution >= 4 is 11.9 Å². The van der Waals surface area contributed by atoms with Gasteiger partial charge in [0.2, 0.25) is 5.91 Å². The van der Waals surface area contributed by atoms with Crippen molar-refractivity contribution in [1.82, 2.24) is 9.80 Å². The maximum Gasteiger partial charge on any atom is 0.307 e. The van der Waals surface area contributed by atoms with Gasteiger partial charge in [-0.15, -0.1) is 0 Å². The molecule has 2 bridgehead atoms. The van der Waals surface area contributed by atoms with Crippen LogP contribution in [0.25, 0.3) is 0 Å². The maximum atomic E-state index is 12.8. The highest BCUT2D eigenvalue weighted by molar-refractivity contribution is 5.87. The largest absolute Gasteiger partial charge is 0.481 e. The van der Waals surface area contributed by atoms with Crippen LogP contribution in [-0.4, -0.2) is 59.5 Å². The summed E-state index contributed by atoms with van der Waals surface area (Å²) in [6, 6.07) is 0.338. The van der Waals surface area contributed by atoms with Crippen LogP contribution in [0.5, 0.6) is 0 Å². The molecule has 1 heterocycles. The van der Waals surface area contributed by atoms with Gasteiger partial charge in [0.05, 0.1) is 11.8 Å². The molecule has 2 aliphatic carbocycles. The first-order valence-electron chi connectivity index (χ1n) is 7.39. The molecule has 3 aliphatic rings. The van der Waals surface area contributed by atoms with Crippen LogP contribution in [0, 0.1) is 23.7 Å². The van der Waals surface area contributed by atoms with Gasteiger partial charge in [-0.2, -0.15) is 0 Å². The summed E-state index contributed by atoms with van der Waals surface area (Å²) in [4.78, 5) is 28.4. The Morgan fingerprint density at radius 1 is 1.15 bits per heavy atom. The van der Waals surface area contributed by atoms with E-state index in [4.69, 9.17) is 0 Å². The van der Waals surface area contributed by atoms with Gasteiger partial charge in [-0.05, 0) is 32.2 Å². The number of carboxylic acids is 1. The fraction of sp³-hybridized carbons (Fsp3) is 0.733. The van der Waals surface area contributed by atoms with E-state index in [0.717, 1.165) is 13.0 Å². The Balaban J connectivity index is 1.77. The summed E-state index contributed by atoms with van der Waals surface area (Å²) < 4.78 is 0. The Kier molecular flexibility index (Phi) is 3.32. The minimum Gasteiger partial charge on any atom is -0.481 e. The molecule has 1 aliphatic heterocycles. The van der Waals surface area contributed by atoms with Crippen molar-refractivity contribution in [3.8, 4) is 0 Å². The third-order valence-corrected chi connectivity index (χ3v) is 5.30. The predicted octanol–water partition coefficient (Wildman–Crippen LogP) is 0.672. The van der Waals surface area contributed by atoms with E-state index in [2.05, 4.69) is 18.9 Å². The molecule has 0 aromatic heterocycles. The van der Waals surface area contributed by atoms with Gasteiger partial charge in [-0.3, -0.25) is 9.59 Å². The average molecular weight is 278 g/mol. The monoisotopic (exact) mass is 278 g/mol. The Morgan fingerprint density at radius 3 is 2.40 bits per heavy atom. The number of piperazine rings is 1. The first kappa shape index (κ1) is 13.6. The lowest BCUT2D eigenvalue weighted by Gasteiger charge is -2.40. The molecule has 0 aromatic rings. The standard InChI is InChI=1S/C15H22N2O3/c1-9-8-17(6-5-16(9)2)14(18)12-10-3-4-11(7-10)13(12)15(19)20/h3-4,9-13H,5-8H2,1-2H3,(H,19,20)/t9?,10?,11?,12-,13+/m0/s1. The number of allylic oxidation sites excluding steroid dienone is 2. The first-order chi connectivity index (χ1) is 9.49. The first-order valence-corrected chi connectivity index (χ1v) is 7.39. The Morgan fingerprint density at radius 2 is 1.80 bits per heavy atom. The topological polar surface area (TPSA) is 60.9 Å². The van der Waals surface area contributed by atoms with Crippen molar-refractivity contribution in [2.45, 2.75) is 19.4 Å². The van der Waals surface area contributed by atoms with Crippen LogP contribution in [0.4, 0.5) is 0 Å². The third-order valence-electron chi connectivity index (χ3n) is 5.30. The molecule has 0 aromatic carbocycles. The van der Waals surface area contributed by atoms with E-state index in [-0.39, 0.29) is 23.7 Å². The molecule has 2 fully saturated rings. The van der Waals surface area contributed by atoms with Crippen molar-refractivity contribution in [2.75, 3.05) is 26.7 Å². The summed E-state index contributed by atoms with van der Waals surface area (Å²) in [5.74, 6) is -1.46. The van der Waals surface area contributed by atoms with E-state index >= 15 is 0 Å². The zero-order valence-electron chi connectivity index (χ0n) is 12.0. The summed E-state index contributed by atoms with van der Waals surface area (Å²) in [6.07, 6.45) is 4.86. The Bertz CT molecular complexity index is 462. The second kappa shape index (κ2) is 4.88. The molecule has 1 saturated carbocycles. The maximum absolute atomic E-state index is 12.8. The highest BCUT2D eigenvalue weighted by Gasteiger charge is 2.52. The van der Waals surface area contributed by atoms with Gasteiger partial charge in [0.25, 0.3) is 0 Å². The molecule has 110 valence electrons. The summed E-state index contributed by atoms with van der Waals surface area (Å²) in [6.45, 7) is 4.39. The fourth-order valence-corrected chi connectivity index (χ4v) is 3.96. The Labute approximate surface area is 119 Å². The highest BCUT2D eigenvalue weighted by Crippen LogP contribution is 2.48. The fourth-order valence-electron chi connectivity index (χ4n) is 3.96.